The van der Waals surface area contributed by atoms with Gasteiger partial charge in [-0.2, -0.15) is 5.10 Å². The maximum atomic E-state index is 14.6. The summed E-state index contributed by atoms with van der Waals surface area (Å²) in [5.41, 5.74) is 13.9. The summed E-state index contributed by atoms with van der Waals surface area (Å²) in [6, 6.07) is 6.35. The van der Waals surface area contributed by atoms with Crippen LogP contribution in [0.2, 0.25) is 0 Å². The van der Waals surface area contributed by atoms with Gasteiger partial charge in [0.25, 0.3) is 5.91 Å². The van der Waals surface area contributed by atoms with Crippen molar-refractivity contribution >= 4 is 34.1 Å². The fraction of sp³-hybridized carbons (Fsp3) is 0.409. The van der Waals surface area contributed by atoms with E-state index in [0.717, 1.165) is 29.1 Å². The molecule has 3 aromatic rings. The molecule has 3 rings (SSSR count). The number of benzene rings is 1. The Bertz CT molecular complexity index is 1120. The minimum Gasteiger partial charge on any atom is -0.383 e. The molecular weight excluding hydrogens is 413 g/mol. The fourth-order valence-corrected chi connectivity index (χ4v) is 3.45. The molecule has 0 saturated carbocycles. The number of aromatic nitrogens is 3. The number of carbonyl (C=O) groups excluding carboxylic acids is 1. The van der Waals surface area contributed by atoms with Crippen LogP contribution >= 0.6 is 0 Å². The first-order chi connectivity index (χ1) is 15.2. The van der Waals surface area contributed by atoms with E-state index in [1.165, 1.54) is 0 Å². The highest BCUT2D eigenvalue weighted by molar-refractivity contribution is 5.99. The molecule has 0 radical (unpaired) electrons. The van der Waals surface area contributed by atoms with Gasteiger partial charge in [-0.1, -0.05) is 6.92 Å². The summed E-state index contributed by atoms with van der Waals surface area (Å²) in [5, 5.41) is 11.6. The molecule has 1 aromatic carbocycles. The van der Waals surface area contributed by atoms with E-state index in [1.54, 1.807) is 7.11 Å². The van der Waals surface area contributed by atoms with Gasteiger partial charge < -0.3 is 26.8 Å². The predicted octanol–water partition coefficient (Wildman–Crippen LogP) is 2.91. The number of nitrogens with two attached hydrogens (primary N) is 2. The molecule has 0 unspecified atom stereocenters. The molecule has 32 heavy (non-hydrogen) atoms. The fourth-order valence-electron chi connectivity index (χ4n) is 3.45. The van der Waals surface area contributed by atoms with E-state index in [2.05, 4.69) is 20.7 Å². The van der Waals surface area contributed by atoms with Crippen LogP contribution < -0.4 is 22.1 Å². The highest BCUT2D eigenvalue weighted by Gasteiger charge is 2.19. The molecule has 10 heteroatoms. The molecule has 0 aliphatic heterocycles. The van der Waals surface area contributed by atoms with Gasteiger partial charge in [-0.05, 0) is 44.5 Å². The van der Waals surface area contributed by atoms with Gasteiger partial charge in [-0.3, -0.25) is 9.48 Å². The number of pyridine rings is 1. The first-order valence-electron chi connectivity index (χ1n) is 10.5. The summed E-state index contributed by atoms with van der Waals surface area (Å²) >= 11 is 0. The van der Waals surface area contributed by atoms with Crippen molar-refractivity contribution in [3.8, 4) is 0 Å². The summed E-state index contributed by atoms with van der Waals surface area (Å²) in [6.45, 7) is 6.90. The number of aryl methyl sites for hydroxylation is 1. The van der Waals surface area contributed by atoms with Gasteiger partial charge in [-0.25, -0.2) is 9.37 Å². The minimum atomic E-state index is -0.784. The lowest BCUT2D eigenvalue weighted by molar-refractivity contribution is 0.100. The lowest BCUT2D eigenvalue weighted by atomic mass is 10.1. The summed E-state index contributed by atoms with van der Waals surface area (Å²) in [7, 11) is 1.65. The standard InChI is InChI=1S/C22H30FN7O2/c1-5-18(24)13(3)26-22-17(23)11-16(20(25)31)21(28-22)27-14-6-7-19-15(10-14)12(2)29-30(19)8-9-32-4/h6-7,10-11,13,18H,5,8-9,24H2,1-4H3,(H2,25,31)(H2,26,27,28)/t13-,18+/m1/s1. The molecule has 0 bridgehead atoms. The molecule has 0 spiro atoms. The molecular formula is C22H30FN7O2. The Kier molecular flexibility index (Phi) is 7.26. The van der Waals surface area contributed by atoms with Crippen LogP contribution in [0.5, 0.6) is 0 Å². The summed E-state index contributed by atoms with van der Waals surface area (Å²) < 4.78 is 21.6. The number of ether oxygens (including phenoxy) is 1. The van der Waals surface area contributed by atoms with Crippen molar-refractivity contribution < 1.29 is 13.9 Å². The summed E-state index contributed by atoms with van der Waals surface area (Å²) in [5.74, 6) is -1.31. The van der Waals surface area contributed by atoms with E-state index >= 15 is 0 Å². The molecule has 2 atom stereocenters. The van der Waals surface area contributed by atoms with E-state index < -0.39 is 11.7 Å². The lowest BCUT2D eigenvalue weighted by Gasteiger charge is -2.21. The smallest absolute Gasteiger partial charge is 0.252 e. The van der Waals surface area contributed by atoms with E-state index in [9.17, 15) is 9.18 Å². The van der Waals surface area contributed by atoms with Crippen molar-refractivity contribution in [3.63, 3.8) is 0 Å². The number of primary amides is 1. The molecule has 0 aliphatic rings. The van der Waals surface area contributed by atoms with Crippen molar-refractivity contribution in [1.29, 1.82) is 0 Å². The van der Waals surface area contributed by atoms with Crippen LogP contribution in [0.3, 0.4) is 0 Å². The van der Waals surface area contributed by atoms with Crippen molar-refractivity contribution in [2.75, 3.05) is 24.4 Å². The van der Waals surface area contributed by atoms with Gasteiger partial charge in [0.05, 0.1) is 29.9 Å². The number of methoxy groups -OCH3 is 1. The van der Waals surface area contributed by atoms with Crippen LogP contribution in [0.15, 0.2) is 24.3 Å². The summed E-state index contributed by atoms with van der Waals surface area (Å²) in [4.78, 5) is 16.2. The quantitative estimate of drug-likeness (QED) is 0.379. The zero-order chi connectivity index (χ0) is 23.4. The monoisotopic (exact) mass is 443 g/mol. The first-order valence-corrected chi connectivity index (χ1v) is 10.5. The Morgan fingerprint density at radius 2 is 2.06 bits per heavy atom. The second-order valence-electron chi connectivity index (χ2n) is 7.74. The topological polar surface area (TPSA) is 133 Å². The van der Waals surface area contributed by atoms with Gasteiger partial charge >= 0.3 is 0 Å². The van der Waals surface area contributed by atoms with Crippen LogP contribution in [0.1, 0.15) is 36.3 Å². The normalized spacial score (nSPS) is 13.2. The predicted molar refractivity (Wildman–Crippen MR) is 124 cm³/mol. The Labute approximate surface area is 186 Å². The molecule has 2 heterocycles. The van der Waals surface area contributed by atoms with Gasteiger partial charge in [0, 0.05) is 30.3 Å². The third kappa shape index (κ3) is 4.97. The number of hydrogen-bond donors (Lipinski definition) is 4. The third-order valence-corrected chi connectivity index (χ3v) is 5.42. The molecule has 2 aromatic heterocycles. The van der Waals surface area contributed by atoms with Crippen LogP contribution in [-0.2, 0) is 11.3 Å². The number of hydrogen-bond acceptors (Lipinski definition) is 7. The zero-order valence-corrected chi connectivity index (χ0v) is 18.8. The minimum absolute atomic E-state index is 0.00135. The Hall–Kier alpha value is -3.24. The average Bonchev–Trinajstić information content (AvgIpc) is 3.08. The van der Waals surface area contributed by atoms with Crippen molar-refractivity contribution in [2.24, 2.45) is 11.5 Å². The number of carbonyl (C=O) groups is 1. The van der Waals surface area contributed by atoms with Crippen molar-refractivity contribution in [3.05, 3.63) is 41.3 Å². The second-order valence-corrected chi connectivity index (χ2v) is 7.74. The summed E-state index contributed by atoms with van der Waals surface area (Å²) in [6.07, 6.45) is 0.720. The van der Waals surface area contributed by atoms with Crippen molar-refractivity contribution in [2.45, 2.75) is 45.8 Å². The van der Waals surface area contributed by atoms with Gasteiger partial charge in [0.15, 0.2) is 11.6 Å². The van der Waals surface area contributed by atoms with Crippen LogP contribution in [0.4, 0.5) is 21.7 Å². The number of halogens is 1. The third-order valence-electron chi connectivity index (χ3n) is 5.42. The number of fused-ring (bicyclic) bond motifs is 1. The molecule has 0 fully saturated rings. The lowest BCUT2D eigenvalue weighted by Crippen LogP contribution is -2.38. The van der Waals surface area contributed by atoms with Crippen molar-refractivity contribution in [1.82, 2.24) is 14.8 Å². The average molecular weight is 444 g/mol. The van der Waals surface area contributed by atoms with E-state index in [4.69, 9.17) is 16.2 Å². The van der Waals surface area contributed by atoms with Crippen LogP contribution in [0.25, 0.3) is 10.9 Å². The molecule has 1 amide bonds. The number of nitrogens with zero attached hydrogens (tertiary/aromatic N) is 3. The van der Waals surface area contributed by atoms with Crippen LogP contribution in [-0.4, -0.2) is 46.5 Å². The SMILES string of the molecule is CC[C@H](N)[C@@H](C)Nc1nc(Nc2ccc3c(c2)c(C)nn3CCOC)c(C(N)=O)cc1F. The number of rotatable bonds is 10. The van der Waals surface area contributed by atoms with Crippen LogP contribution in [0, 0.1) is 12.7 Å². The maximum Gasteiger partial charge on any atom is 0.252 e. The highest BCUT2D eigenvalue weighted by Crippen LogP contribution is 2.28. The Morgan fingerprint density at radius 3 is 2.72 bits per heavy atom. The Balaban J connectivity index is 1.96. The Morgan fingerprint density at radius 1 is 1.31 bits per heavy atom. The second kappa shape index (κ2) is 9.92. The zero-order valence-electron chi connectivity index (χ0n) is 18.8. The highest BCUT2D eigenvalue weighted by atomic mass is 19.1. The van der Waals surface area contributed by atoms with E-state index in [0.29, 0.717) is 18.8 Å². The largest absolute Gasteiger partial charge is 0.383 e. The van der Waals surface area contributed by atoms with E-state index in [1.807, 2.05) is 43.7 Å². The number of nitrogens with one attached hydrogen (secondary N) is 2. The van der Waals surface area contributed by atoms with Gasteiger partial charge in [-0.15, -0.1) is 0 Å². The molecule has 9 nitrogen and oxygen atoms in total. The van der Waals surface area contributed by atoms with Gasteiger partial charge in [0.2, 0.25) is 0 Å². The molecule has 0 saturated heterocycles. The molecule has 0 aliphatic carbocycles. The number of anilines is 3. The molecule has 172 valence electrons. The first kappa shape index (κ1) is 23.4. The van der Waals surface area contributed by atoms with E-state index in [-0.39, 0.29) is 29.3 Å². The number of amides is 1. The van der Waals surface area contributed by atoms with Gasteiger partial charge in [0.1, 0.15) is 5.82 Å². The molecule has 6 N–H and O–H groups in total. The maximum absolute atomic E-state index is 14.6.